The number of aromatic hydroxyl groups is 1. The van der Waals surface area contributed by atoms with Gasteiger partial charge >= 0.3 is 0 Å². The summed E-state index contributed by atoms with van der Waals surface area (Å²) in [6.45, 7) is 0. The van der Waals surface area contributed by atoms with E-state index in [1.54, 1.807) is 4.57 Å². The van der Waals surface area contributed by atoms with Crippen molar-refractivity contribution < 1.29 is 5.11 Å². The molecule has 0 bridgehead atoms. The number of nitrogens with one attached hydrogen (secondary N) is 1. The van der Waals surface area contributed by atoms with Gasteiger partial charge in [-0.3, -0.25) is 0 Å². The van der Waals surface area contributed by atoms with Crippen LogP contribution in [0, 0.1) is 0 Å². The van der Waals surface area contributed by atoms with Gasteiger partial charge in [0, 0.05) is 24.1 Å². The molecule has 3 nitrogen and oxygen atoms in total. The van der Waals surface area contributed by atoms with Crippen molar-refractivity contribution in [2.75, 3.05) is 0 Å². The van der Waals surface area contributed by atoms with Gasteiger partial charge in [0.15, 0.2) is 5.88 Å². The summed E-state index contributed by atoms with van der Waals surface area (Å²) in [6.07, 6.45) is 1.84. The maximum absolute atomic E-state index is 9.86. The lowest BCUT2D eigenvalue weighted by Gasteiger charge is -1.97. The first-order chi connectivity index (χ1) is 7.75. The van der Waals surface area contributed by atoms with E-state index in [-0.39, 0.29) is 5.88 Å². The molecule has 3 aromatic rings. The number of aryl methyl sites for hydroxylation is 1. The van der Waals surface area contributed by atoms with Crippen LogP contribution in [0.4, 0.5) is 0 Å². The van der Waals surface area contributed by atoms with Crippen LogP contribution in [0.25, 0.3) is 22.2 Å². The van der Waals surface area contributed by atoms with Gasteiger partial charge in [0.25, 0.3) is 0 Å². The quantitative estimate of drug-likeness (QED) is 0.639. The minimum absolute atomic E-state index is 0.284. The Kier molecular flexibility index (Phi) is 1.80. The molecular formula is C13H12N2O. The first kappa shape index (κ1) is 9.09. The third-order valence-corrected chi connectivity index (χ3v) is 2.86. The molecule has 0 atom stereocenters. The Morgan fingerprint density at radius 1 is 1.19 bits per heavy atom. The SMILES string of the molecule is Cn1ccc(-c2cc3ccccc3[nH]2)c1O. The number of hydrogen-bond acceptors (Lipinski definition) is 1. The second-order valence-corrected chi connectivity index (χ2v) is 3.93. The van der Waals surface area contributed by atoms with Crippen molar-refractivity contribution in [3.05, 3.63) is 42.6 Å². The number of benzene rings is 1. The standard InChI is InChI=1S/C13H12N2O/c1-15-7-6-10(13(15)16)12-8-9-4-2-3-5-11(9)14-12/h2-8,14,16H,1H3. The van der Waals surface area contributed by atoms with E-state index in [2.05, 4.69) is 11.1 Å². The van der Waals surface area contributed by atoms with Crippen LogP contribution in [0.15, 0.2) is 42.6 Å². The van der Waals surface area contributed by atoms with Crippen molar-refractivity contribution >= 4 is 10.9 Å². The van der Waals surface area contributed by atoms with Crippen LogP contribution in [0.1, 0.15) is 0 Å². The van der Waals surface area contributed by atoms with Crippen molar-refractivity contribution in [2.24, 2.45) is 7.05 Å². The summed E-state index contributed by atoms with van der Waals surface area (Å²) in [6, 6.07) is 12.0. The van der Waals surface area contributed by atoms with Crippen LogP contribution in [0.5, 0.6) is 5.88 Å². The number of rotatable bonds is 1. The maximum Gasteiger partial charge on any atom is 0.200 e. The van der Waals surface area contributed by atoms with Gasteiger partial charge in [-0.25, -0.2) is 0 Å². The second-order valence-electron chi connectivity index (χ2n) is 3.93. The van der Waals surface area contributed by atoms with Crippen molar-refractivity contribution in [3.8, 4) is 17.1 Å². The number of aromatic nitrogens is 2. The van der Waals surface area contributed by atoms with Gasteiger partial charge < -0.3 is 14.7 Å². The van der Waals surface area contributed by atoms with E-state index in [4.69, 9.17) is 0 Å². The molecule has 2 heterocycles. The molecular weight excluding hydrogens is 200 g/mol. The molecule has 0 radical (unpaired) electrons. The average Bonchev–Trinajstić information content (AvgIpc) is 2.84. The molecule has 0 fully saturated rings. The highest BCUT2D eigenvalue weighted by Crippen LogP contribution is 2.31. The minimum Gasteiger partial charge on any atom is -0.494 e. The van der Waals surface area contributed by atoms with Crippen molar-refractivity contribution in [2.45, 2.75) is 0 Å². The van der Waals surface area contributed by atoms with Gasteiger partial charge in [-0.2, -0.15) is 0 Å². The Hall–Kier alpha value is -2.16. The number of fused-ring (bicyclic) bond motifs is 1. The maximum atomic E-state index is 9.86. The molecule has 2 aromatic heterocycles. The van der Waals surface area contributed by atoms with E-state index >= 15 is 0 Å². The summed E-state index contributed by atoms with van der Waals surface area (Å²) in [5, 5.41) is 11.0. The Balaban J connectivity index is 2.23. The molecule has 16 heavy (non-hydrogen) atoms. The number of aromatic amines is 1. The monoisotopic (exact) mass is 212 g/mol. The van der Waals surface area contributed by atoms with Gasteiger partial charge in [-0.1, -0.05) is 18.2 Å². The Labute approximate surface area is 93.0 Å². The van der Waals surface area contributed by atoms with Crippen LogP contribution >= 0.6 is 0 Å². The molecule has 0 amide bonds. The highest BCUT2D eigenvalue weighted by molar-refractivity contribution is 5.86. The predicted octanol–water partition coefficient (Wildman–Crippen LogP) is 2.88. The van der Waals surface area contributed by atoms with Crippen LogP contribution in [-0.2, 0) is 7.05 Å². The molecule has 0 unspecified atom stereocenters. The molecule has 0 aliphatic heterocycles. The molecule has 80 valence electrons. The van der Waals surface area contributed by atoms with Gasteiger partial charge in [0.1, 0.15) is 0 Å². The molecule has 0 aliphatic rings. The number of nitrogens with zero attached hydrogens (tertiary/aromatic N) is 1. The van der Waals surface area contributed by atoms with E-state index in [0.29, 0.717) is 0 Å². The summed E-state index contributed by atoms with van der Waals surface area (Å²) in [5.41, 5.74) is 2.86. The second kappa shape index (κ2) is 3.17. The van der Waals surface area contributed by atoms with Crippen molar-refractivity contribution in [1.82, 2.24) is 9.55 Å². The highest BCUT2D eigenvalue weighted by atomic mass is 16.3. The lowest BCUT2D eigenvalue weighted by Crippen LogP contribution is -1.82. The van der Waals surface area contributed by atoms with Crippen LogP contribution in [-0.4, -0.2) is 14.7 Å². The van der Waals surface area contributed by atoms with Crippen molar-refractivity contribution in [1.29, 1.82) is 0 Å². The first-order valence-corrected chi connectivity index (χ1v) is 5.18. The zero-order valence-corrected chi connectivity index (χ0v) is 8.94. The van der Waals surface area contributed by atoms with Gasteiger partial charge in [-0.05, 0) is 18.2 Å². The summed E-state index contributed by atoms with van der Waals surface area (Å²) in [4.78, 5) is 3.29. The Bertz CT molecular complexity index is 616. The zero-order valence-electron chi connectivity index (χ0n) is 8.94. The molecule has 0 spiro atoms. The molecule has 2 N–H and O–H groups in total. The Morgan fingerprint density at radius 2 is 2.00 bits per heavy atom. The fraction of sp³-hybridized carbons (Fsp3) is 0.0769. The Morgan fingerprint density at radius 3 is 2.69 bits per heavy atom. The van der Waals surface area contributed by atoms with E-state index < -0.39 is 0 Å². The lowest BCUT2D eigenvalue weighted by molar-refractivity contribution is 0.434. The summed E-state index contributed by atoms with van der Waals surface area (Å²) < 4.78 is 1.70. The van der Waals surface area contributed by atoms with Gasteiger partial charge in [-0.15, -0.1) is 0 Å². The third kappa shape index (κ3) is 1.21. The topological polar surface area (TPSA) is 41.0 Å². The van der Waals surface area contributed by atoms with E-state index in [1.807, 2.05) is 43.6 Å². The van der Waals surface area contributed by atoms with Crippen LogP contribution < -0.4 is 0 Å². The molecule has 0 saturated carbocycles. The van der Waals surface area contributed by atoms with Crippen molar-refractivity contribution in [3.63, 3.8) is 0 Å². The molecule has 1 aromatic carbocycles. The van der Waals surface area contributed by atoms with E-state index in [0.717, 1.165) is 22.2 Å². The van der Waals surface area contributed by atoms with E-state index in [9.17, 15) is 5.11 Å². The predicted molar refractivity (Wildman–Crippen MR) is 64.4 cm³/mol. The molecule has 0 aliphatic carbocycles. The van der Waals surface area contributed by atoms with E-state index in [1.165, 1.54) is 0 Å². The average molecular weight is 212 g/mol. The summed E-state index contributed by atoms with van der Waals surface area (Å²) in [5.74, 6) is 0.284. The van der Waals surface area contributed by atoms with Gasteiger partial charge in [0.2, 0.25) is 0 Å². The largest absolute Gasteiger partial charge is 0.494 e. The molecule has 0 saturated heterocycles. The smallest absolute Gasteiger partial charge is 0.200 e. The highest BCUT2D eigenvalue weighted by Gasteiger charge is 2.09. The fourth-order valence-electron chi connectivity index (χ4n) is 1.95. The fourth-order valence-corrected chi connectivity index (χ4v) is 1.95. The lowest BCUT2D eigenvalue weighted by atomic mass is 10.2. The molecule has 3 heteroatoms. The summed E-state index contributed by atoms with van der Waals surface area (Å²) >= 11 is 0. The third-order valence-electron chi connectivity index (χ3n) is 2.86. The number of para-hydroxylation sites is 1. The zero-order chi connectivity index (χ0) is 11.1. The summed E-state index contributed by atoms with van der Waals surface area (Å²) in [7, 11) is 1.82. The van der Waals surface area contributed by atoms with Crippen LogP contribution in [0.2, 0.25) is 0 Å². The number of hydrogen-bond donors (Lipinski definition) is 2. The minimum atomic E-state index is 0.284. The normalized spacial score (nSPS) is 11.1. The van der Waals surface area contributed by atoms with Crippen LogP contribution in [0.3, 0.4) is 0 Å². The molecule has 3 rings (SSSR count). The number of H-pyrrole nitrogens is 1. The first-order valence-electron chi connectivity index (χ1n) is 5.18. The van der Waals surface area contributed by atoms with Gasteiger partial charge in [0.05, 0.1) is 11.3 Å².